The summed E-state index contributed by atoms with van der Waals surface area (Å²) in [6.45, 7) is 0.927. The van der Waals surface area contributed by atoms with Gasteiger partial charge in [-0.3, -0.25) is 0 Å². The fourth-order valence-corrected chi connectivity index (χ4v) is 3.14. The van der Waals surface area contributed by atoms with Crippen molar-refractivity contribution >= 4 is 17.4 Å². The summed E-state index contributed by atoms with van der Waals surface area (Å²) >= 11 is 6.14. The summed E-state index contributed by atoms with van der Waals surface area (Å²) in [6, 6.07) is 15.7. The zero-order chi connectivity index (χ0) is 15.8. The lowest BCUT2D eigenvalue weighted by Crippen LogP contribution is -2.04. The number of hydrogen-bond acceptors (Lipinski definition) is 3. The van der Waals surface area contributed by atoms with Crippen LogP contribution in [0.25, 0.3) is 16.9 Å². The number of halogens is 1. The molecule has 0 amide bonds. The number of rotatable bonds is 3. The van der Waals surface area contributed by atoms with Gasteiger partial charge in [0.25, 0.3) is 0 Å². The Kier molecular flexibility index (Phi) is 3.46. The van der Waals surface area contributed by atoms with Crippen LogP contribution in [0, 0.1) is 0 Å². The van der Waals surface area contributed by atoms with E-state index in [1.54, 1.807) is 7.11 Å². The van der Waals surface area contributed by atoms with E-state index in [1.807, 2.05) is 53.2 Å². The van der Waals surface area contributed by atoms with Gasteiger partial charge in [0.15, 0.2) is 0 Å². The van der Waals surface area contributed by atoms with E-state index < -0.39 is 0 Å². The average Bonchev–Trinajstić information content (AvgIpc) is 3.17. The lowest BCUT2D eigenvalue weighted by Gasteiger charge is -2.07. The van der Waals surface area contributed by atoms with Crippen molar-refractivity contribution in [2.24, 2.45) is 0 Å². The fraction of sp³-hybridized carbons (Fsp3) is 0.167. The van der Waals surface area contributed by atoms with Crippen molar-refractivity contribution in [1.29, 1.82) is 0 Å². The maximum absolute atomic E-state index is 6.14. The Morgan fingerprint density at radius 1 is 1.17 bits per heavy atom. The number of benzene rings is 2. The summed E-state index contributed by atoms with van der Waals surface area (Å²) < 4.78 is 7.18. The zero-order valence-corrected chi connectivity index (χ0v) is 13.5. The minimum Gasteiger partial charge on any atom is -0.497 e. The molecule has 0 atom stereocenters. The molecule has 5 heteroatoms. The first-order valence-corrected chi connectivity index (χ1v) is 7.90. The molecule has 0 saturated carbocycles. The number of fused-ring (bicyclic) bond motifs is 1. The van der Waals surface area contributed by atoms with Crippen LogP contribution in [0.15, 0.2) is 48.5 Å². The molecule has 0 fully saturated rings. The predicted molar refractivity (Wildman–Crippen MR) is 92.8 cm³/mol. The van der Waals surface area contributed by atoms with Gasteiger partial charge in [0.05, 0.1) is 18.5 Å². The van der Waals surface area contributed by atoms with Crippen LogP contribution in [0.2, 0.25) is 5.02 Å². The molecule has 0 saturated heterocycles. The van der Waals surface area contributed by atoms with Crippen LogP contribution in [-0.2, 0) is 6.42 Å². The van der Waals surface area contributed by atoms with Gasteiger partial charge in [0.1, 0.15) is 11.6 Å². The molecule has 116 valence electrons. The van der Waals surface area contributed by atoms with Gasteiger partial charge in [-0.2, -0.15) is 5.10 Å². The maximum Gasteiger partial charge on any atom is 0.133 e. The predicted octanol–water partition coefficient (Wildman–Crippen LogP) is 4.17. The van der Waals surface area contributed by atoms with Gasteiger partial charge in [-0.1, -0.05) is 23.7 Å². The van der Waals surface area contributed by atoms with Crippen molar-refractivity contribution < 1.29 is 4.74 Å². The molecule has 1 aromatic heterocycles. The van der Waals surface area contributed by atoms with Crippen molar-refractivity contribution in [2.75, 3.05) is 19.0 Å². The Hall–Kier alpha value is -2.46. The van der Waals surface area contributed by atoms with E-state index in [0.717, 1.165) is 46.5 Å². The van der Waals surface area contributed by atoms with E-state index in [-0.39, 0.29) is 0 Å². The topological polar surface area (TPSA) is 39.1 Å². The van der Waals surface area contributed by atoms with Crippen LogP contribution in [-0.4, -0.2) is 23.4 Å². The highest BCUT2D eigenvalue weighted by atomic mass is 35.5. The Labute approximate surface area is 139 Å². The molecule has 1 N–H and O–H groups in total. The summed E-state index contributed by atoms with van der Waals surface area (Å²) in [6.07, 6.45) is 0.966. The highest BCUT2D eigenvalue weighted by Gasteiger charge is 2.23. The third kappa shape index (κ3) is 2.45. The van der Waals surface area contributed by atoms with Crippen molar-refractivity contribution in [3.8, 4) is 22.7 Å². The molecule has 0 radical (unpaired) electrons. The van der Waals surface area contributed by atoms with E-state index in [9.17, 15) is 0 Å². The van der Waals surface area contributed by atoms with Crippen molar-refractivity contribution in [2.45, 2.75) is 6.42 Å². The van der Waals surface area contributed by atoms with Crippen LogP contribution >= 0.6 is 11.6 Å². The van der Waals surface area contributed by atoms with Gasteiger partial charge in [-0.05, 0) is 42.8 Å². The molecule has 1 aliphatic heterocycles. The van der Waals surface area contributed by atoms with E-state index in [4.69, 9.17) is 21.4 Å². The maximum atomic E-state index is 6.14. The lowest BCUT2D eigenvalue weighted by atomic mass is 10.1. The van der Waals surface area contributed by atoms with Gasteiger partial charge in [0, 0.05) is 22.7 Å². The largest absolute Gasteiger partial charge is 0.497 e. The molecule has 2 heterocycles. The monoisotopic (exact) mass is 325 g/mol. The lowest BCUT2D eigenvalue weighted by molar-refractivity contribution is 0.414. The van der Waals surface area contributed by atoms with Crippen LogP contribution < -0.4 is 10.1 Å². The first-order valence-electron chi connectivity index (χ1n) is 7.52. The van der Waals surface area contributed by atoms with Gasteiger partial charge < -0.3 is 10.1 Å². The summed E-state index contributed by atoms with van der Waals surface area (Å²) in [5, 5.41) is 8.98. The number of aromatic nitrogens is 2. The Morgan fingerprint density at radius 3 is 2.74 bits per heavy atom. The molecular formula is C18H16ClN3O. The second-order valence-electron chi connectivity index (χ2n) is 5.47. The van der Waals surface area contributed by atoms with Crippen LogP contribution in [0.5, 0.6) is 5.75 Å². The van der Waals surface area contributed by atoms with Crippen LogP contribution in [0.3, 0.4) is 0 Å². The van der Waals surface area contributed by atoms with E-state index in [0.29, 0.717) is 0 Å². The summed E-state index contributed by atoms with van der Waals surface area (Å²) in [7, 11) is 1.67. The van der Waals surface area contributed by atoms with Gasteiger partial charge in [0.2, 0.25) is 0 Å². The summed E-state index contributed by atoms with van der Waals surface area (Å²) in [5.41, 5.74) is 4.28. The SMILES string of the molecule is COc1ccc(-n2nc(-c3cccc(Cl)c3)c3c2NCC3)cc1. The second-order valence-corrected chi connectivity index (χ2v) is 5.91. The number of ether oxygens (including phenoxy) is 1. The Morgan fingerprint density at radius 2 is 2.00 bits per heavy atom. The third-order valence-electron chi connectivity index (χ3n) is 4.07. The van der Waals surface area contributed by atoms with Gasteiger partial charge in [-0.25, -0.2) is 4.68 Å². The molecule has 4 rings (SSSR count). The molecule has 0 unspecified atom stereocenters. The molecule has 0 bridgehead atoms. The third-order valence-corrected chi connectivity index (χ3v) is 4.30. The van der Waals surface area contributed by atoms with Crippen molar-refractivity contribution in [1.82, 2.24) is 9.78 Å². The molecule has 23 heavy (non-hydrogen) atoms. The van der Waals surface area contributed by atoms with Crippen molar-refractivity contribution in [3.05, 3.63) is 59.1 Å². The molecule has 0 spiro atoms. The van der Waals surface area contributed by atoms with E-state index in [1.165, 1.54) is 5.56 Å². The van der Waals surface area contributed by atoms with Crippen LogP contribution in [0.1, 0.15) is 5.56 Å². The van der Waals surface area contributed by atoms with Gasteiger partial charge >= 0.3 is 0 Å². The number of hydrogen-bond donors (Lipinski definition) is 1. The summed E-state index contributed by atoms with van der Waals surface area (Å²) in [5.74, 6) is 1.89. The number of anilines is 1. The Bertz CT molecular complexity index is 855. The first kappa shape index (κ1) is 14.2. The van der Waals surface area contributed by atoms with Crippen molar-refractivity contribution in [3.63, 3.8) is 0 Å². The second kappa shape index (κ2) is 5.63. The van der Waals surface area contributed by atoms with E-state index >= 15 is 0 Å². The zero-order valence-electron chi connectivity index (χ0n) is 12.7. The minimum atomic E-state index is 0.723. The highest BCUT2D eigenvalue weighted by Crippen LogP contribution is 2.35. The minimum absolute atomic E-state index is 0.723. The number of nitrogens with one attached hydrogen (secondary N) is 1. The van der Waals surface area contributed by atoms with E-state index in [2.05, 4.69) is 5.32 Å². The molecule has 0 aliphatic carbocycles. The molecule has 3 aromatic rings. The standard InChI is InChI=1S/C18H16ClN3O/c1-23-15-7-5-14(6-8-15)22-18-16(9-10-20-18)17(21-22)12-3-2-4-13(19)11-12/h2-8,11,20H,9-10H2,1H3. The quantitative estimate of drug-likeness (QED) is 0.785. The molecular weight excluding hydrogens is 310 g/mol. The molecule has 4 nitrogen and oxygen atoms in total. The average molecular weight is 326 g/mol. The normalized spacial score (nSPS) is 12.8. The molecule has 2 aromatic carbocycles. The highest BCUT2D eigenvalue weighted by molar-refractivity contribution is 6.30. The van der Waals surface area contributed by atoms with Crippen LogP contribution in [0.4, 0.5) is 5.82 Å². The van der Waals surface area contributed by atoms with Gasteiger partial charge in [-0.15, -0.1) is 0 Å². The number of nitrogens with zero attached hydrogens (tertiary/aromatic N) is 2. The Balaban J connectivity index is 1.84. The fourth-order valence-electron chi connectivity index (χ4n) is 2.95. The molecule has 1 aliphatic rings. The summed E-state index contributed by atoms with van der Waals surface area (Å²) in [4.78, 5) is 0. The first-order chi connectivity index (χ1) is 11.3. The number of methoxy groups -OCH3 is 1. The smallest absolute Gasteiger partial charge is 0.133 e.